The molecule has 0 saturated carbocycles. The number of methoxy groups -OCH3 is 1. The van der Waals surface area contributed by atoms with E-state index >= 15 is 0 Å². The minimum atomic E-state index is -1.58. The van der Waals surface area contributed by atoms with Crippen molar-refractivity contribution in [1.82, 2.24) is 0 Å². The molecule has 0 aromatic heterocycles. The Kier molecular flexibility index (Phi) is 6.55. The Morgan fingerprint density at radius 1 is 1.05 bits per heavy atom. The predicted octanol–water partition coefficient (Wildman–Crippen LogP) is 6.12. The normalized spacial score (nSPS) is 11.5. The number of rotatable bonds is 6. The Morgan fingerprint density at radius 3 is 2.32 bits per heavy atom. The maximum Gasteiger partial charge on any atom is 0.267 e. The fraction of sp³-hybridized carbons (Fsp3) is 0.250. The van der Waals surface area contributed by atoms with Gasteiger partial charge in [0.05, 0.1) is 7.11 Å². The van der Waals surface area contributed by atoms with Crippen molar-refractivity contribution < 1.29 is 9.84 Å². The van der Waals surface area contributed by atoms with E-state index in [2.05, 4.69) is 45.9 Å². The van der Waals surface area contributed by atoms with E-state index in [0.717, 1.165) is 41.3 Å². The number of ether oxygens (including phenoxy) is 1. The van der Waals surface area contributed by atoms with Crippen LogP contribution < -0.4 is 4.74 Å². The van der Waals surface area contributed by atoms with E-state index in [4.69, 9.17) is 4.74 Å². The summed E-state index contributed by atoms with van der Waals surface area (Å²) in [4.78, 5) is 0. The van der Waals surface area contributed by atoms with Crippen LogP contribution in [0.5, 0.6) is 11.5 Å². The van der Waals surface area contributed by atoms with Gasteiger partial charge in [-0.1, -0.05) is 64.1 Å². The largest absolute Gasteiger partial charge is 0.508 e. The van der Waals surface area contributed by atoms with Crippen molar-refractivity contribution in [2.24, 2.45) is 0 Å². The van der Waals surface area contributed by atoms with Crippen molar-refractivity contribution in [2.75, 3.05) is 7.11 Å². The maximum atomic E-state index is 9.79. The highest BCUT2D eigenvalue weighted by molar-refractivity contribution is 9.72. The van der Waals surface area contributed by atoms with Crippen molar-refractivity contribution in [3.63, 3.8) is 0 Å². The molecule has 0 aliphatic carbocycles. The quantitative estimate of drug-likeness (QED) is 0.376. The minimum Gasteiger partial charge on any atom is -0.508 e. The van der Waals surface area contributed by atoms with Gasteiger partial charge in [0.15, 0.2) is 0 Å². The van der Waals surface area contributed by atoms with Crippen LogP contribution in [0.15, 0.2) is 42.5 Å². The summed E-state index contributed by atoms with van der Waals surface area (Å²) in [5.74, 6) is 1.16. The summed E-state index contributed by atoms with van der Waals surface area (Å²) in [5, 5.41) is 9.79. The van der Waals surface area contributed by atoms with Crippen LogP contribution in [0.25, 0.3) is 11.1 Å². The summed E-state index contributed by atoms with van der Waals surface area (Å²) >= 11 is 11.0. The molecule has 0 aliphatic rings. The molecule has 22 heavy (non-hydrogen) atoms. The van der Waals surface area contributed by atoms with Gasteiger partial charge >= 0.3 is 0 Å². The molecule has 2 aromatic carbocycles. The summed E-state index contributed by atoms with van der Waals surface area (Å²) in [6.45, 7) is 0. The number of benzene rings is 2. The van der Waals surface area contributed by atoms with Gasteiger partial charge in [-0.25, -0.2) is 0 Å². The second-order valence-electron chi connectivity index (χ2n) is 5.04. The molecule has 0 unspecified atom stereocenters. The summed E-state index contributed by atoms with van der Waals surface area (Å²) in [6.07, 6.45) is 1.97. The molecule has 0 radical (unpaired) electrons. The van der Waals surface area contributed by atoms with Crippen LogP contribution in [-0.4, -0.2) is 16.1 Å². The van der Waals surface area contributed by atoms with Gasteiger partial charge in [0.1, 0.15) is 11.5 Å². The Bertz CT molecular complexity index is 624. The molecule has 0 aliphatic heterocycles. The first kappa shape index (κ1) is 18.0. The lowest BCUT2D eigenvalue weighted by Gasteiger charge is -2.13. The number of hydrogen-bond donors (Lipinski definition) is 1. The van der Waals surface area contributed by atoms with Gasteiger partial charge in [-0.3, -0.25) is 0 Å². The maximum absolute atomic E-state index is 9.79. The second kappa shape index (κ2) is 7.99. The highest BCUT2D eigenvalue weighted by Crippen LogP contribution is 2.35. The Hall–Kier alpha value is -0.303. The molecule has 0 bridgehead atoms. The molecule has 6 heteroatoms. The fourth-order valence-corrected chi connectivity index (χ4v) is 5.42. The van der Waals surface area contributed by atoms with E-state index in [1.807, 2.05) is 36.4 Å². The summed E-state index contributed by atoms with van der Waals surface area (Å²) < 4.78 is 3.63. The molecule has 2 nitrogen and oxygen atoms in total. The Morgan fingerprint density at radius 2 is 1.73 bits per heavy atom. The zero-order chi connectivity index (χ0) is 16.2. The standard InChI is InChI=1S/C16H17Br3O2Si/c1-21-15-7-4-12(5-8-15)16-9-6-14(20)11-13(16)3-2-10-22(17,18)19/h4-9,11,20H,2-3,10H2,1H3. The van der Waals surface area contributed by atoms with Crippen molar-refractivity contribution >= 4 is 49.8 Å². The number of hydrogen-bond acceptors (Lipinski definition) is 2. The minimum absolute atomic E-state index is 0.312. The van der Waals surface area contributed by atoms with Gasteiger partial charge in [-0.15, -0.1) is 0 Å². The molecule has 2 aromatic rings. The van der Waals surface area contributed by atoms with E-state index in [1.54, 1.807) is 13.2 Å². The third-order valence-corrected chi connectivity index (χ3v) is 7.89. The molecule has 0 amide bonds. The average molecular weight is 509 g/mol. The van der Waals surface area contributed by atoms with Gasteiger partial charge in [-0.05, 0) is 59.8 Å². The van der Waals surface area contributed by atoms with Crippen molar-refractivity contribution in [2.45, 2.75) is 18.9 Å². The molecule has 0 fully saturated rings. The molecule has 2 rings (SSSR count). The van der Waals surface area contributed by atoms with Crippen LogP contribution in [0.3, 0.4) is 0 Å². The van der Waals surface area contributed by atoms with Gasteiger partial charge in [0.2, 0.25) is 0 Å². The van der Waals surface area contributed by atoms with Crippen LogP contribution in [0, 0.1) is 0 Å². The van der Waals surface area contributed by atoms with Crippen LogP contribution >= 0.6 is 45.9 Å². The summed E-state index contributed by atoms with van der Waals surface area (Å²) in [5.41, 5.74) is 3.46. The van der Waals surface area contributed by atoms with E-state index in [0.29, 0.717) is 5.75 Å². The monoisotopic (exact) mass is 506 g/mol. The molecule has 1 N–H and O–H groups in total. The van der Waals surface area contributed by atoms with E-state index in [9.17, 15) is 5.11 Å². The number of aryl methyl sites for hydroxylation is 1. The first-order valence-electron chi connectivity index (χ1n) is 6.92. The predicted molar refractivity (Wildman–Crippen MR) is 106 cm³/mol. The van der Waals surface area contributed by atoms with E-state index in [-0.39, 0.29) is 0 Å². The summed E-state index contributed by atoms with van der Waals surface area (Å²) in [6, 6.07) is 14.7. The second-order valence-corrected chi connectivity index (χ2v) is 28.5. The van der Waals surface area contributed by atoms with E-state index < -0.39 is 3.93 Å². The SMILES string of the molecule is COc1ccc(-c2ccc(O)cc2CCC[Si](Br)(Br)Br)cc1. The molecule has 118 valence electrons. The number of halogens is 3. The lowest BCUT2D eigenvalue weighted by molar-refractivity contribution is 0.415. The lowest BCUT2D eigenvalue weighted by Crippen LogP contribution is -2.06. The fourth-order valence-electron chi connectivity index (χ4n) is 2.32. The zero-order valence-corrected chi connectivity index (χ0v) is 17.9. The van der Waals surface area contributed by atoms with Crippen molar-refractivity contribution in [1.29, 1.82) is 0 Å². The van der Waals surface area contributed by atoms with Crippen molar-refractivity contribution in [3.8, 4) is 22.6 Å². The smallest absolute Gasteiger partial charge is 0.267 e. The molecular formula is C16H17Br3O2Si. The van der Waals surface area contributed by atoms with Gasteiger partial charge in [0.25, 0.3) is 3.93 Å². The number of aromatic hydroxyl groups is 1. The lowest BCUT2D eigenvalue weighted by atomic mass is 9.96. The number of phenolic OH excluding ortho intramolecular Hbond substituents is 1. The van der Waals surface area contributed by atoms with Crippen LogP contribution in [0.1, 0.15) is 12.0 Å². The van der Waals surface area contributed by atoms with Crippen LogP contribution in [0.4, 0.5) is 0 Å². The van der Waals surface area contributed by atoms with Crippen molar-refractivity contribution in [3.05, 3.63) is 48.0 Å². The molecule has 0 spiro atoms. The van der Waals surface area contributed by atoms with E-state index in [1.165, 1.54) is 0 Å². The van der Waals surface area contributed by atoms with Gasteiger partial charge < -0.3 is 9.84 Å². The average Bonchev–Trinajstić information content (AvgIpc) is 2.46. The third kappa shape index (κ3) is 5.40. The van der Waals surface area contributed by atoms with Gasteiger partial charge in [0, 0.05) is 0 Å². The Balaban J connectivity index is 2.23. The van der Waals surface area contributed by atoms with Crippen LogP contribution in [0.2, 0.25) is 6.04 Å². The van der Waals surface area contributed by atoms with Gasteiger partial charge in [-0.2, -0.15) is 0 Å². The zero-order valence-electron chi connectivity index (χ0n) is 12.2. The molecular weight excluding hydrogens is 492 g/mol. The summed E-state index contributed by atoms with van der Waals surface area (Å²) in [7, 11) is 1.66. The topological polar surface area (TPSA) is 29.5 Å². The molecule has 0 saturated heterocycles. The van der Waals surface area contributed by atoms with Crippen LogP contribution in [-0.2, 0) is 6.42 Å². The number of phenols is 1. The molecule has 0 atom stereocenters. The third-order valence-electron chi connectivity index (χ3n) is 3.40. The Labute approximate surface area is 155 Å². The highest BCUT2D eigenvalue weighted by Gasteiger charge is 2.21. The first-order chi connectivity index (χ1) is 10.4. The highest BCUT2D eigenvalue weighted by atomic mass is 80.0. The first-order valence-corrected chi connectivity index (χ1v) is 15.9. The molecule has 0 heterocycles.